The molecule has 2 aromatic carbocycles. The van der Waals surface area contributed by atoms with Gasteiger partial charge in [-0.2, -0.15) is 0 Å². The summed E-state index contributed by atoms with van der Waals surface area (Å²) < 4.78 is 5.75. The molecule has 0 aliphatic heterocycles. The summed E-state index contributed by atoms with van der Waals surface area (Å²) >= 11 is 0. The lowest BCUT2D eigenvalue weighted by molar-refractivity contribution is -0.122. The highest BCUT2D eigenvalue weighted by atomic mass is 16.5. The van der Waals surface area contributed by atoms with E-state index in [-0.39, 0.29) is 24.0 Å². The Morgan fingerprint density at radius 3 is 2.39 bits per heavy atom. The quantitative estimate of drug-likeness (QED) is 0.933. The number of amides is 1. The molecule has 1 N–H and O–H groups in total. The maximum Gasteiger partial charge on any atom is 0.220 e. The Balaban J connectivity index is 2.02. The van der Waals surface area contributed by atoms with Crippen LogP contribution in [0.1, 0.15) is 48.5 Å². The van der Waals surface area contributed by atoms with Crippen molar-refractivity contribution in [2.24, 2.45) is 0 Å². The lowest BCUT2D eigenvalue weighted by Crippen LogP contribution is -2.43. The smallest absolute Gasteiger partial charge is 0.220 e. The monoisotopic (exact) mass is 309 g/mol. The van der Waals surface area contributed by atoms with Crippen LogP contribution in [0.25, 0.3) is 0 Å². The Hall–Kier alpha value is -2.13. The van der Waals surface area contributed by atoms with E-state index in [1.54, 1.807) is 7.11 Å². The van der Waals surface area contributed by atoms with E-state index < -0.39 is 0 Å². The number of ether oxygens (including phenoxy) is 1. The molecule has 0 fully saturated rings. The molecule has 1 amide bonds. The van der Waals surface area contributed by atoms with Crippen molar-refractivity contribution in [3.05, 3.63) is 71.3 Å². The molecule has 120 valence electrons. The average molecular weight is 309 g/mol. The molecule has 3 heteroatoms. The molecule has 0 spiro atoms. The van der Waals surface area contributed by atoms with E-state index in [0.29, 0.717) is 6.42 Å². The minimum Gasteiger partial charge on any atom is -0.375 e. The average Bonchev–Trinajstić information content (AvgIpc) is 2.61. The lowest BCUT2D eigenvalue weighted by Gasteiger charge is -2.38. The minimum atomic E-state index is -0.0957. The molecule has 3 nitrogen and oxygen atoms in total. The van der Waals surface area contributed by atoms with Crippen molar-refractivity contribution in [3.8, 4) is 0 Å². The number of hydrogen-bond acceptors (Lipinski definition) is 2. The molecular weight excluding hydrogens is 286 g/mol. The first kappa shape index (κ1) is 15.8. The van der Waals surface area contributed by atoms with Gasteiger partial charge in [0.1, 0.15) is 6.10 Å². The van der Waals surface area contributed by atoms with Crippen LogP contribution in [0.15, 0.2) is 54.6 Å². The summed E-state index contributed by atoms with van der Waals surface area (Å²) in [4.78, 5) is 11.9. The molecule has 0 aromatic heterocycles. The third-order valence-corrected chi connectivity index (χ3v) is 4.66. The Bertz CT molecular complexity index is 668. The van der Waals surface area contributed by atoms with Gasteiger partial charge in [0.15, 0.2) is 0 Å². The molecule has 3 rings (SSSR count). The Labute approximate surface area is 137 Å². The van der Waals surface area contributed by atoms with Crippen molar-refractivity contribution >= 4 is 5.91 Å². The molecule has 1 aliphatic rings. The first-order valence-electron chi connectivity index (χ1n) is 8.20. The molecule has 1 aliphatic carbocycles. The molecule has 0 saturated carbocycles. The van der Waals surface area contributed by atoms with Gasteiger partial charge in [-0.1, -0.05) is 61.5 Å². The largest absolute Gasteiger partial charge is 0.375 e. The SMILES string of the molecule is CCC(=O)NC1CC(c2ccccc2)c2ccccc2C1OC. The third kappa shape index (κ3) is 3.15. The molecular formula is C20H23NO2. The van der Waals surface area contributed by atoms with Gasteiger partial charge < -0.3 is 10.1 Å². The van der Waals surface area contributed by atoms with Crippen LogP contribution < -0.4 is 5.32 Å². The topological polar surface area (TPSA) is 38.3 Å². The van der Waals surface area contributed by atoms with Gasteiger partial charge in [-0.15, -0.1) is 0 Å². The van der Waals surface area contributed by atoms with Gasteiger partial charge in [0.05, 0.1) is 6.04 Å². The molecule has 2 aromatic rings. The fourth-order valence-electron chi connectivity index (χ4n) is 3.54. The maximum atomic E-state index is 11.9. The van der Waals surface area contributed by atoms with Gasteiger partial charge >= 0.3 is 0 Å². The second-order valence-electron chi connectivity index (χ2n) is 6.01. The maximum absolute atomic E-state index is 11.9. The van der Waals surface area contributed by atoms with Crippen LogP contribution >= 0.6 is 0 Å². The molecule has 0 bridgehead atoms. The first-order chi connectivity index (χ1) is 11.2. The third-order valence-electron chi connectivity index (χ3n) is 4.66. The van der Waals surface area contributed by atoms with E-state index in [2.05, 4.69) is 47.8 Å². The van der Waals surface area contributed by atoms with Crippen LogP contribution in [0.4, 0.5) is 0 Å². The van der Waals surface area contributed by atoms with Crippen LogP contribution in [-0.2, 0) is 9.53 Å². The molecule has 0 saturated heterocycles. The van der Waals surface area contributed by atoms with Crippen LogP contribution in [-0.4, -0.2) is 19.1 Å². The van der Waals surface area contributed by atoms with Crippen LogP contribution in [0.3, 0.4) is 0 Å². The number of methoxy groups -OCH3 is 1. The number of carbonyl (C=O) groups is 1. The van der Waals surface area contributed by atoms with E-state index >= 15 is 0 Å². The summed E-state index contributed by atoms with van der Waals surface area (Å²) in [6.45, 7) is 1.88. The highest BCUT2D eigenvalue weighted by molar-refractivity contribution is 5.76. The van der Waals surface area contributed by atoms with E-state index in [1.807, 2.05) is 19.1 Å². The number of hydrogen-bond donors (Lipinski definition) is 1. The van der Waals surface area contributed by atoms with Crippen molar-refractivity contribution in [1.29, 1.82) is 0 Å². The van der Waals surface area contributed by atoms with Crippen molar-refractivity contribution in [1.82, 2.24) is 5.32 Å². The van der Waals surface area contributed by atoms with E-state index in [1.165, 1.54) is 16.7 Å². The first-order valence-corrected chi connectivity index (χ1v) is 8.20. The normalized spacial score (nSPS) is 23.1. The van der Waals surface area contributed by atoms with Crippen LogP contribution in [0.2, 0.25) is 0 Å². The number of carbonyl (C=O) groups excluding carboxylic acids is 1. The summed E-state index contributed by atoms with van der Waals surface area (Å²) in [5.41, 5.74) is 3.76. The Morgan fingerprint density at radius 1 is 1.09 bits per heavy atom. The molecule has 3 unspecified atom stereocenters. The summed E-state index contributed by atoms with van der Waals surface area (Å²) in [7, 11) is 1.72. The predicted octanol–water partition coefficient (Wildman–Crippen LogP) is 3.80. The number of rotatable bonds is 4. The Kier molecular flexibility index (Phi) is 4.77. The molecule has 23 heavy (non-hydrogen) atoms. The zero-order valence-electron chi connectivity index (χ0n) is 13.7. The Morgan fingerprint density at radius 2 is 1.74 bits per heavy atom. The van der Waals surface area contributed by atoms with E-state index in [4.69, 9.17) is 4.74 Å². The van der Waals surface area contributed by atoms with Crippen molar-refractivity contribution < 1.29 is 9.53 Å². The van der Waals surface area contributed by atoms with Gasteiger partial charge in [-0.25, -0.2) is 0 Å². The zero-order valence-corrected chi connectivity index (χ0v) is 13.7. The summed E-state index contributed by atoms with van der Waals surface area (Å²) in [5, 5.41) is 3.15. The molecule has 0 radical (unpaired) electrons. The van der Waals surface area contributed by atoms with Crippen molar-refractivity contribution in [2.45, 2.75) is 37.8 Å². The highest BCUT2D eigenvalue weighted by Crippen LogP contribution is 2.42. The fourth-order valence-corrected chi connectivity index (χ4v) is 3.54. The summed E-state index contributed by atoms with van der Waals surface area (Å²) in [6.07, 6.45) is 1.25. The van der Waals surface area contributed by atoms with Crippen molar-refractivity contribution in [2.75, 3.05) is 7.11 Å². The molecule has 0 heterocycles. The van der Waals surface area contributed by atoms with E-state index in [0.717, 1.165) is 6.42 Å². The second-order valence-corrected chi connectivity index (χ2v) is 6.01. The van der Waals surface area contributed by atoms with Gasteiger partial charge in [0.2, 0.25) is 5.91 Å². The standard InChI is InChI=1S/C20H23NO2/c1-3-19(22)21-18-13-17(14-9-5-4-6-10-14)15-11-7-8-12-16(15)20(18)23-2/h4-12,17-18,20H,3,13H2,1-2H3,(H,21,22). The van der Waals surface area contributed by atoms with Crippen LogP contribution in [0, 0.1) is 0 Å². The highest BCUT2D eigenvalue weighted by Gasteiger charge is 2.36. The van der Waals surface area contributed by atoms with Crippen molar-refractivity contribution in [3.63, 3.8) is 0 Å². The van der Waals surface area contributed by atoms with Gasteiger partial charge in [0, 0.05) is 19.4 Å². The fraction of sp³-hybridized carbons (Fsp3) is 0.350. The number of fused-ring (bicyclic) bond motifs is 1. The zero-order chi connectivity index (χ0) is 16.2. The van der Waals surface area contributed by atoms with Crippen LogP contribution in [0.5, 0.6) is 0 Å². The summed E-state index contributed by atoms with van der Waals surface area (Å²) in [5.74, 6) is 0.351. The number of benzene rings is 2. The van der Waals surface area contributed by atoms with Gasteiger partial charge in [0.25, 0.3) is 0 Å². The predicted molar refractivity (Wildman–Crippen MR) is 91.3 cm³/mol. The lowest BCUT2D eigenvalue weighted by atomic mass is 9.75. The second kappa shape index (κ2) is 6.97. The minimum absolute atomic E-state index is 0.00689. The van der Waals surface area contributed by atoms with Gasteiger partial charge in [-0.3, -0.25) is 4.79 Å². The molecule has 3 atom stereocenters. The van der Waals surface area contributed by atoms with Gasteiger partial charge in [-0.05, 0) is 23.1 Å². The number of nitrogens with one attached hydrogen (secondary N) is 1. The summed E-state index contributed by atoms with van der Waals surface area (Å²) in [6, 6.07) is 18.9. The van der Waals surface area contributed by atoms with E-state index in [9.17, 15) is 4.79 Å².